The monoisotopic (exact) mass is 451 g/mol. The molecule has 0 aromatic heterocycles. The number of aromatic carboxylic acids is 1. The molecule has 3 rings (SSSR count). The summed E-state index contributed by atoms with van der Waals surface area (Å²) < 4.78 is 11.4. The van der Waals surface area contributed by atoms with Crippen molar-refractivity contribution in [2.24, 2.45) is 0 Å². The standard InChI is InChI=1S/C26H29NO6/c1-17(2)33-25-15-19(8-11-23(25)26(30)31)18-6-9-22(10-7-18)32-13-12-27-16-24(29)20-4-3-5-21(28)14-20/h3-11,14-15,17,24,27-29H,12-13,16H2,1-2H3,(H,30,31)/t24-/m0/s1. The third-order valence-electron chi connectivity index (χ3n) is 4.90. The number of phenols is 1. The van der Waals surface area contributed by atoms with E-state index in [2.05, 4.69) is 5.32 Å². The second-order valence-corrected chi connectivity index (χ2v) is 7.87. The molecule has 0 spiro atoms. The van der Waals surface area contributed by atoms with Crippen LogP contribution in [0.1, 0.15) is 35.9 Å². The van der Waals surface area contributed by atoms with Gasteiger partial charge in [0, 0.05) is 13.1 Å². The van der Waals surface area contributed by atoms with Gasteiger partial charge in [-0.15, -0.1) is 0 Å². The summed E-state index contributed by atoms with van der Waals surface area (Å²) in [5.41, 5.74) is 2.55. The van der Waals surface area contributed by atoms with Gasteiger partial charge in [-0.1, -0.05) is 30.3 Å². The molecule has 0 bridgehead atoms. The van der Waals surface area contributed by atoms with Gasteiger partial charge in [0.05, 0.1) is 12.2 Å². The van der Waals surface area contributed by atoms with E-state index in [1.54, 1.807) is 36.4 Å². The molecule has 0 unspecified atom stereocenters. The fraction of sp³-hybridized carbons (Fsp3) is 0.269. The zero-order valence-corrected chi connectivity index (χ0v) is 18.7. The highest BCUT2D eigenvalue weighted by Gasteiger charge is 2.14. The van der Waals surface area contributed by atoms with Gasteiger partial charge in [-0.05, 0) is 66.9 Å². The van der Waals surface area contributed by atoms with Crippen molar-refractivity contribution in [2.45, 2.75) is 26.1 Å². The van der Waals surface area contributed by atoms with E-state index in [1.807, 2.05) is 38.1 Å². The highest BCUT2D eigenvalue weighted by Crippen LogP contribution is 2.29. The van der Waals surface area contributed by atoms with Crippen molar-refractivity contribution in [1.29, 1.82) is 0 Å². The lowest BCUT2D eigenvalue weighted by Crippen LogP contribution is -2.26. The van der Waals surface area contributed by atoms with E-state index < -0.39 is 12.1 Å². The number of aromatic hydroxyl groups is 1. The average molecular weight is 452 g/mol. The maximum atomic E-state index is 11.4. The average Bonchev–Trinajstić information content (AvgIpc) is 2.78. The van der Waals surface area contributed by atoms with Gasteiger partial charge in [-0.25, -0.2) is 4.79 Å². The van der Waals surface area contributed by atoms with E-state index in [-0.39, 0.29) is 17.4 Å². The molecule has 0 radical (unpaired) electrons. The Hall–Kier alpha value is -3.55. The number of aliphatic hydroxyl groups excluding tert-OH is 1. The third-order valence-corrected chi connectivity index (χ3v) is 4.90. The van der Waals surface area contributed by atoms with Gasteiger partial charge >= 0.3 is 5.97 Å². The Labute approximate surface area is 193 Å². The Bertz CT molecular complexity index is 1060. The van der Waals surface area contributed by atoms with Gasteiger partial charge < -0.3 is 30.1 Å². The highest BCUT2D eigenvalue weighted by atomic mass is 16.5. The van der Waals surface area contributed by atoms with Crippen LogP contribution >= 0.6 is 0 Å². The van der Waals surface area contributed by atoms with Crippen molar-refractivity contribution in [3.8, 4) is 28.4 Å². The fourth-order valence-electron chi connectivity index (χ4n) is 3.30. The van der Waals surface area contributed by atoms with Crippen LogP contribution in [-0.4, -0.2) is 47.1 Å². The molecule has 0 aliphatic heterocycles. The molecule has 3 aromatic carbocycles. The molecule has 0 saturated heterocycles. The van der Waals surface area contributed by atoms with Crippen LogP contribution in [-0.2, 0) is 0 Å². The molecular formula is C26H29NO6. The first kappa shape index (κ1) is 24.1. The third kappa shape index (κ3) is 6.97. The lowest BCUT2D eigenvalue weighted by molar-refractivity contribution is 0.0690. The molecule has 0 fully saturated rings. The van der Waals surface area contributed by atoms with Crippen LogP contribution in [0.4, 0.5) is 0 Å². The summed E-state index contributed by atoms with van der Waals surface area (Å²) in [6.45, 7) is 5.02. The van der Waals surface area contributed by atoms with Crippen LogP contribution in [0.3, 0.4) is 0 Å². The van der Waals surface area contributed by atoms with E-state index in [0.29, 0.717) is 36.8 Å². The van der Waals surface area contributed by atoms with Crippen LogP contribution < -0.4 is 14.8 Å². The lowest BCUT2D eigenvalue weighted by atomic mass is 10.0. The Morgan fingerprint density at radius 3 is 2.39 bits per heavy atom. The quantitative estimate of drug-likeness (QED) is 0.323. The molecule has 0 aliphatic carbocycles. The van der Waals surface area contributed by atoms with Crippen LogP contribution in [0.25, 0.3) is 11.1 Å². The van der Waals surface area contributed by atoms with Crippen molar-refractivity contribution < 1.29 is 29.6 Å². The number of benzene rings is 3. The normalized spacial score (nSPS) is 11.9. The summed E-state index contributed by atoms with van der Waals surface area (Å²) in [4.78, 5) is 11.4. The van der Waals surface area contributed by atoms with Gasteiger partial charge in [-0.2, -0.15) is 0 Å². The molecule has 0 aliphatic rings. The number of ether oxygens (including phenoxy) is 2. The van der Waals surface area contributed by atoms with Crippen LogP contribution in [0.15, 0.2) is 66.7 Å². The smallest absolute Gasteiger partial charge is 0.339 e. The van der Waals surface area contributed by atoms with Crippen molar-refractivity contribution in [2.75, 3.05) is 19.7 Å². The minimum absolute atomic E-state index is 0.125. The molecule has 33 heavy (non-hydrogen) atoms. The lowest BCUT2D eigenvalue weighted by Gasteiger charge is -2.14. The summed E-state index contributed by atoms with van der Waals surface area (Å²) in [6.07, 6.45) is -0.850. The van der Waals surface area contributed by atoms with Crippen molar-refractivity contribution in [3.05, 3.63) is 77.9 Å². The molecule has 7 nitrogen and oxygen atoms in total. The van der Waals surface area contributed by atoms with Gasteiger partial charge in [0.1, 0.15) is 29.4 Å². The predicted octanol–water partition coefficient (Wildman–Crippen LogP) is 4.25. The summed E-state index contributed by atoms with van der Waals surface area (Å²) in [5, 5.41) is 32.1. The number of carbonyl (C=O) groups is 1. The molecule has 0 amide bonds. The first-order valence-electron chi connectivity index (χ1n) is 10.8. The zero-order valence-electron chi connectivity index (χ0n) is 18.7. The Morgan fingerprint density at radius 2 is 1.73 bits per heavy atom. The van der Waals surface area contributed by atoms with Crippen LogP contribution in [0.5, 0.6) is 17.2 Å². The second-order valence-electron chi connectivity index (χ2n) is 7.87. The first-order chi connectivity index (χ1) is 15.8. The number of aliphatic hydroxyl groups is 1. The van der Waals surface area contributed by atoms with E-state index in [0.717, 1.165) is 11.1 Å². The maximum Gasteiger partial charge on any atom is 0.339 e. The largest absolute Gasteiger partial charge is 0.508 e. The van der Waals surface area contributed by atoms with E-state index in [9.17, 15) is 20.1 Å². The molecule has 1 atom stereocenters. The van der Waals surface area contributed by atoms with Gasteiger partial charge in [0.25, 0.3) is 0 Å². The summed E-state index contributed by atoms with van der Waals surface area (Å²) in [7, 11) is 0. The molecule has 3 aromatic rings. The van der Waals surface area contributed by atoms with Crippen molar-refractivity contribution >= 4 is 5.97 Å². The molecule has 7 heteroatoms. The Kier molecular flexibility index (Phi) is 8.29. The van der Waals surface area contributed by atoms with E-state index in [1.165, 1.54) is 6.07 Å². The Balaban J connectivity index is 1.51. The number of hydrogen-bond acceptors (Lipinski definition) is 6. The second kappa shape index (κ2) is 11.4. The maximum absolute atomic E-state index is 11.4. The first-order valence-corrected chi connectivity index (χ1v) is 10.8. The number of carboxylic acid groups (broad SMARTS) is 1. The summed E-state index contributed by atoms with van der Waals surface area (Å²) in [5.74, 6) is 0.146. The number of carboxylic acids is 1. The van der Waals surface area contributed by atoms with Crippen LogP contribution in [0, 0.1) is 0 Å². The zero-order chi connectivity index (χ0) is 23.8. The molecular weight excluding hydrogens is 422 g/mol. The van der Waals surface area contributed by atoms with Gasteiger partial charge in [0.2, 0.25) is 0 Å². The number of hydrogen-bond donors (Lipinski definition) is 4. The van der Waals surface area contributed by atoms with Crippen molar-refractivity contribution in [3.63, 3.8) is 0 Å². The molecule has 0 saturated carbocycles. The molecule has 0 heterocycles. The summed E-state index contributed by atoms with van der Waals surface area (Å²) in [6, 6.07) is 19.1. The topological polar surface area (TPSA) is 108 Å². The van der Waals surface area contributed by atoms with Crippen molar-refractivity contribution in [1.82, 2.24) is 5.32 Å². The highest BCUT2D eigenvalue weighted by molar-refractivity contribution is 5.92. The van der Waals surface area contributed by atoms with E-state index in [4.69, 9.17) is 9.47 Å². The minimum Gasteiger partial charge on any atom is -0.508 e. The predicted molar refractivity (Wildman–Crippen MR) is 126 cm³/mol. The summed E-state index contributed by atoms with van der Waals surface area (Å²) >= 11 is 0. The SMILES string of the molecule is CC(C)Oc1cc(-c2ccc(OCCNC[C@H](O)c3cccc(O)c3)cc2)ccc1C(=O)O. The Morgan fingerprint density at radius 1 is 1.00 bits per heavy atom. The van der Waals surface area contributed by atoms with E-state index >= 15 is 0 Å². The molecule has 174 valence electrons. The van der Waals surface area contributed by atoms with Gasteiger partial charge in [-0.3, -0.25) is 0 Å². The van der Waals surface area contributed by atoms with Gasteiger partial charge in [0.15, 0.2) is 0 Å². The number of rotatable bonds is 11. The van der Waals surface area contributed by atoms with Crippen LogP contribution in [0.2, 0.25) is 0 Å². The fourth-order valence-corrected chi connectivity index (χ4v) is 3.30. The minimum atomic E-state index is -1.02. The number of phenolic OH excluding ortho intramolecular Hbond substituents is 1. The molecule has 4 N–H and O–H groups in total. The number of nitrogens with one attached hydrogen (secondary N) is 1.